The maximum absolute atomic E-state index is 13.0. The van der Waals surface area contributed by atoms with Crippen LogP contribution in [0, 0.1) is 0 Å². The molecule has 0 unspecified atom stereocenters. The van der Waals surface area contributed by atoms with Crippen molar-refractivity contribution in [1.29, 1.82) is 0 Å². The Bertz CT molecular complexity index is 1160. The Balaban J connectivity index is 1.37. The van der Waals surface area contributed by atoms with Crippen LogP contribution in [-0.4, -0.2) is 41.8 Å². The standard InChI is InChI=1S/C26H23NO5/c1-31-18-11-10-16-14-27(24(25(28)29)13-17(16)12-18)26(30)32-15-23-21-8-4-2-6-19(21)20-7-3-5-9-22(20)23/h2-12,23-24H,13-15H2,1H3,(H,28,29)/t24-/m0/s1. The van der Waals surface area contributed by atoms with Gasteiger partial charge in [0.05, 0.1) is 13.7 Å². The molecule has 0 saturated carbocycles. The molecule has 1 aliphatic carbocycles. The van der Waals surface area contributed by atoms with Gasteiger partial charge in [-0.25, -0.2) is 9.59 Å². The van der Waals surface area contributed by atoms with E-state index in [9.17, 15) is 14.7 Å². The van der Waals surface area contributed by atoms with Crippen molar-refractivity contribution in [2.24, 2.45) is 0 Å². The van der Waals surface area contributed by atoms with Crippen LogP contribution in [-0.2, 0) is 22.5 Å². The molecule has 1 N–H and O–H groups in total. The Morgan fingerprint density at radius 1 is 0.969 bits per heavy atom. The quantitative estimate of drug-likeness (QED) is 0.663. The summed E-state index contributed by atoms with van der Waals surface area (Å²) in [7, 11) is 1.57. The predicted molar refractivity (Wildman–Crippen MR) is 119 cm³/mol. The highest BCUT2D eigenvalue weighted by Gasteiger charge is 2.37. The number of fused-ring (bicyclic) bond motifs is 4. The fourth-order valence-electron chi connectivity index (χ4n) is 4.78. The van der Waals surface area contributed by atoms with Crippen molar-refractivity contribution in [3.05, 3.63) is 89.0 Å². The molecule has 0 aromatic heterocycles. The number of aliphatic carboxylic acids is 1. The van der Waals surface area contributed by atoms with E-state index >= 15 is 0 Å². The van der Waals surface area contributed by atoms with Crippen LogP contribution in [0.1, 0.15) is 28.2 Å². The van der Waals surface area contributed by atoms with Crippen molar-refractivity contribution < 1.29 is 24.2 Å². The molecular weight excluding hydrogens is 406 g/mol. The average molecular weight is 429 g/mol. The molecule has 1 atom stereocenters. The number of methoxy groups -OCH3 is 1. The first-order valence-corrected chi connectivity index (χ1v) is 10.6. The first-order chi connectivity index (χ1) is 15.6. The molecule has 1 heterocycles. The maximum atomic E-state index is 13.0. The van der Waals surface area contributed by atoms with Crippen molar-refractivity contribution in [1.82, 2.24) is 4.90 Å². The van der Waals surface area contributed by atoms with Crippen LogP contribution in [0.3, 0.4) is 0 Å². The molecule has 6 heteroatoms. The summed E-state index contributed by atoms with van der Waals surface area (Å²) in [6.07, 6.45) is -0.396. The summed E-state index contributed by atoms with van der Waals surface area (Å²) in [6, 6.07) is 20.8. The van der Waals surface area contributed by atoms with Gasteiger partial charge >= 0.3 is 12.1 Å². The smallest absolute Gasteiger partial charge is 0.410 e. The number of carboxylic acids is 1. The van der Waals surface area contributed by atoms with Gasteiger partial charge in [0.25, 0.3) is 0 Å². The number of hydrogen-bond acceptors (Lipinski definition) is 4. The summed E-state index contributed by atoms with van der Waals surface area (Å²) in [6.45, 7) is 0.345. The molecule has 3 aromatic carbocycles. The number of carbonyl (C=O) groups is 2. The van der Waals surface area contributed by atoms with E-state index in [1.165, 1.54) is 4.90 Å². The number of hydrogen-bond donors (Lipinski definition) is 1. The maximum Gasteiger partial charge on any atom is 0.410 e. The highest BCUT2D eigenvalue weighted by molar-refractivity contribution is 5.82. The second-order valence-electron chi connectivity index (χ2n) is 8.12. The summed E-state index contributed by atoms with van der Waals surface area (Å²) in [5.41, 5.74) is 6.30. The van der Waals surface area contributed by atoms with E-state index in [0.29, 0.717) is 5.75 Å². The van der Waals surface area contributed by atoms with E-state index in [4.69, 9.17) is 9.47 Å². The van der Waals surface area contributed by atoms with Crippen LogP contribution in [0.2, 0.25) is 0 Å². The molecule has 0 radical (unpaired) electrons. The third-order valence-electron chi connectivity index (χ3n) is 6.40. The number of carbonyl (C=O) groups excluding carboxylic acids is 1. The SMILES string of the molecule is COc1ccc2c(c1)C[C@@H](C(=O)O)N(C(=O)OCC1c3ccccc3-c3ccccc31)C2. The first kappa shape index (κ1) is 20.1. The van der Waals surface area contributed by atoms with Gasteiger partial charge < -0.3 is 14.6 Å². The van der Waals surface area contributed by atoms with Crippen LogP contribution >= 0.6 is 0 Å². The Hall–Kier alpha value is -3.80. The first-order valence-electron chi connectivity index (χ1n) is 10.6. The molecule has 0 spiro atoms. The molecule has 0 saturated heterocycles. The zero-order valence-electron chi connectivity index (χ0n) is 17.7. The van der Waals surface area contributed by atoms with E-state index in [0.717, 1.165) is 33.4 Å². The lowest BCUT2D eigenvalue weighted by Crippen LogP contribution is -2.49. The van der Waals surface area contributed by atoms with Crippen LogP contribution in [0.4, 0.5) is 4.79 Å². The van der Waals surface area contributed by atoms with E-state index in [1.54, 1.807) is 7.11 Å². The normalized spacial score (nSPS) is 16.7. The Labute approximate surface area is 186 Å². The Morgan fingerprint density at radius 3 is 2.25 bits per heavy atom. The predicted octanol–water partition coefficient (Wildman–Crippen LogP) is 4.46. The van der Waals surface area contributed by atoms with Crippen LogP contribution in [0.15, 0.2) is 66.7 Å². The van der Waals surface area contributed by atoms with E-state index in [1.807, 2.05) is 42.5 Å². The van der Waals surface area contributed by atoms with Gasteiger partial charge in [0.2, 0.25) is 0 Å². The molecule has 5 rings (SSSR count). The summed E-state index contributed by atoms with van der Waals surface area (Å²) < 4.78 is 11.0. The van der Waals surface area contributed by atoms with Crippen LogP contribution in [0.5, 0.6) is 5.75 Å². The van der Waals surface area contributed by atoms with E-state index < -0.39 is 18.1 Å². The van der Waals surface area contributed by atoms with Crippen molar-refractivity contribution in [3.63, 3.8) is 0 Å². The number of rotatable bonds is 4. The molecule has 3 aromatic rings. The summed E-state index contributed by atoms with van der Waals surface area (Å²) in [5.74, 6) is -0.453. The molecule has 1 amide bonds. The van der Waals surface area contributed by atoms with Gasteiger partial charge in [0.15, 0.2) is 0 Å². The van der Waals surface area contributed by atoms with Crippen molar-refractivity contribution in [2.45, 2.75) is 24.9 Å². The van der Waals surface area contributed by atoms with Crippen molar-refractivity contribution in [2.75, 3.05) is 13.7 Å². The van der Waals surface area contributed by atoms with Gasteiger partial charge in [-0.2, -0.15) is 0 Å². The molecule has 162 valence electrons. The fourth-order valence-corrected chi connectivity index (χ4v) is 4.78. The monoisotopic (exact) mass is 429 g/mol. The van der Waals surface area contributed by atoms with Crippen molar-refractivity contribution in [3.8, 4) is 16.9 Å². The lowest BCUT2D eigenvalue weighted by molar-refractivity contribution is -0.143. The minimum Gasteiger partial charge on any atom is -0.497 e. The number of benzene rings is 3. The Kier molecular flexibility index (Phi) is 5.05. The molecule has 32 heavy (non-hydrogen) atoms. The second-order valence-corrected chi connectivity index (χ2v) is 8.12. The summed E-state index contributed by atoms with van der Waals surface area (Å²) >= 11 is 0. The molecule has 2 aliphatic rings. The average Bonchev–Trinajstić information content (AvgIpc) is 3.15. The lowest BCUT2D eigenvalue weighted by atomic mass is 9.94. The highest BCUT2D eigenvalue weighted by atomic mass is 16.6. The summed E-state index contributed by atoms with van der Waals surface area (Å²) in [4.78, 5) is 26.3. The molecule has 1 aliphatic heterocycles. The largest absolute Gasteiger partial charge is 0.497 e. The molecule has 0 bridgehead atoms. The second kappa shape index (κ2) is 8.04. The Morgan fingerprint density at radius 2 is 1.62 bits per heavy atom. The fraction of sp³-hybridized carbons (Fsp3) is 0.231. The molecule has 6 nitrogen and oxygen atoms in total. The zero-order chi connectivity index (χ0) is 22.2. The number of ether oxygens (including phenoxy) is 2. The number of carboxylic acid groups (broad SMARTS) is 1. The van der Waals surface area contributed by atoms with Crippen LogP contribution in [0.25, 0.3) is 11.1 Å². The lowest BCUT2D eigenvalue weighted by Gasteiger charge is -2.34. The zero-order valence-corrected chi connectivity index (χ0v) is 17.7. The number of nitrogens with zero attached hydrogens (tertiary/aromatic N) is 1. The van der Waals surface area contributed by atoms with Crippen molar-refractivity contribution >= 4 is 12.1 Å². The minimum absolute atomic E-state index is 0.0732. The molecule has 0 fully saturated rings. The topological polar surface area (TPSA) is 76.1 Å². The van der Waals surface area contributed by atoms with Gasteiger partial charge in [0, 0.05) is 12.3 Å². The highest BCUT2D eigenvalue weighted by Crippen LogP contribution is 2.44. The van der Waals surface area contributed by atoms with Gasteiger partial charge in [0.1, 0.15) is 18.4 Å². The summed E-state index contributed by atoms with van der Waals surface area (Å²) in [5, 5.41) is 9.77. The van der Waals surface area contributed by atoms with Gasteiger partial charge in [-0.15, -0.1) is 0 Å². The van der Waals surface area contributed by atoms with E-state index in [-0.39, 0.29) is 25.5 Å². The number of amides is 1. The van der Waals surface area contributed by atoms with Crippen LogP contribution < -0.4 is 4.74 Å². The molecular formula is C26H23NO5. The van der Waals surface area contributed by atoms with E-state index in [2.05, 4.69) is 24.3 Å². The third-order valence-corrected chi connectivity index (χ3v) is 6.40. The minimum atomic E-state index is -1.05. The third kappa shape index (κ3) is 3.38. The van der Waals surface area contributed by atoms with Gasteiger partial charge in [-0.3, -0.25) is 4.90 Å². The van der Waals surface area contributed by atoms with Gasteiger partial charge in [-0.1, -0.05) is 54.6 Å². The van der Waals surface area contributed by atoms with Gasteiger partial charge in [-0.05, 0) is 45.5 Å².